The van der Waals surface area contributed by atoms with Crippen molar-refractivity contribution in [3.8, 4) is 0 Å². The van der Waals surface area contributed by atoms with Crippen LogP contribution in [0, 0.1) is 5.92 Å². The molecule has 0 unspecified atom stereocenters. The van der Waals surface area contributed by atoms with Crippen molar-refractivity contribution in [3.63, 3.8) is 0 Å². The Balaban J connectivity index is 1.77. The maximum Gasteiger partial charge on any atom is 0.226 e. The van der Waals surface area contributed by atoms with Crippen LogP contribution in [0.3, 0.4) is 0 Å². The summed E-state index contributed by atoms with van der Waals surface area (Å²) < 4.78 is 5.36. The summed E-state index contributed by atoms with van der Waals surface area (Å²) in [5.74, 6) is 3.20. The van der Waals surface area contributed by atoms with Gasteiger partial charge in [-0.2, -0.15) is 4.98 Å². The molecule has 2 N–H and O–H groups in total. The number of rotatable bonds is 7. The van der Waals surface area contributed by atoms with Gasteiger partial charge in [-0.3, -0.25) is 0 Å². The van der Waals surface area contributed by atoms with E-state index >= 15 is 0 Å². The number of unbranched alkanes of at least 4 members (excludes halogenated alkanes) is 2. The number of nitrogens with zero attached hydrogens (tertiary/aromatic N) is 2. The highest BCUT2D eigenvalue weighted by atomic mass is 16.5. The molecule has 1 aromatic heterocycles. The molecule has 4 nitrogen and oxygen atoms in total. The number of aromatic nitrogens is 2. The van der Waals surface area contributed by atoms with Crippen LogP contribution in [0.1, 0.15) is 75.9 Å². The third kappa shape index (κ3) is 4.30. The minimum Gasteiger partial charge on any atom is -0.339 e. The second-order valence-corrected chi connectivity index (χ2v) is 5.77. The summed E-state index contributed by atoms with van der Waals surface area (Å²) >= 11 is 0. The molecule has 1 aliphatic carbocycles. The van der Waals surface area contributed by atoms with Crippen molar-refractivity contribution in [2.24, 2.45) is 11.7 Å². The van der Waals surface area contributed by atoms with Crippen molar-refractivity contribution in [3.05, 3.63) is 11.7 Å². The summed E-state index contributed by atoms with van der Waals surface area (Å²) in [5, 5.41) is 4.18. The molecule has 4 heteroatoms. The molecule has 1 fully saturated rings. The van der Waals surface area contributed by atoms with Gasteiger partial charge in [0.1, 0.15) is 0 Å². The molecule has 0 aromatic carbocycles. The molecule has 0 spiro atoms. The average Bonchev–Trinajstić information content (AvgIpc) is 2.92. The van der Waals surface area contributed by atoms with Crippen LogP contribution in [0.2, 0.25) is 0 Å². The van der Waals surface area contributed by atoms with Gasteiger partial charge in [0.15, 0.2) is 5.82 Å². The van der Waals surface area contributed by atoms with Crippen LogP contribution in [-0.4, -0.2) is 16.7 Å². The molecule has 0 bridgehead atoms. The Morgan fingerprint density at radius 1 is 1.16 bits per heavy atom. The van der Waals surface area contributed by atoms with Gasteiger partial charge < -0.3 is 10.3 Å². The van der Waals surface area contributed by atoms with Crippen molar-refractivity contribution < 1.29 is 4.52 Å². The van der Waals surface area contributed by atoms with E-state index in [2.05, 4.69) is 17.1 Å². The van der Waals surface area contributed by atoms with Gasteiger partial charge >= 0.3 is 0 Å². The van der Waals surface area contributed by atoms with E-state index in [4.69, 9.17) is 10.3 Å². The number of hydrogen-bond acceptors (Lipinski definition) is 4. The molecule has 1 saturated carbocycles. The summed E-state index contributed by atoms with van der Waals surface area (Å²) in [4.78, 5) is 4.57. The fraction of sp³-hybridized carbons (Fsp3) is 0.867. The maximum absolute atomic E-state index is 5.48. The SMILES string of the molecule is CCC1CCC(c2noc(CCCCCN)n2)CC1. The fourth-order valence-electron chi connectivity index (χ4n) is 2.96. The Kier molecular flexibility index (Phi) is 5.83. The van der Waals surface area contributed by atoms with Gasteiger partial charge in [0, 0.05) is 12.3 Å². The maximum atomic E-state index is 5.48. The van der Waals surface area contributed by atoms with Crippen LogP contribution in [-0.2, 0) is 6.42 Å². The second-order valence-electron chi connectivity index (χ2n) is 5.77. The first-order valence-electron chi connectivity index (χ1n) is 7.86. The van der Waals surface area contributed by atoms with Crippen LogP contribution in [0.15, 0.2) is 4.52 Å². The first kappa shape index (κ1) is 14.5. The first-order chi connectivity index (χ1) is 9.33. The Morgan fingerprint density at radius 2 is 1.95 bits per heavy atom. The first-order valence-corrected chi connectivity index (χ1v) is 7.86. The fourth-order valence-corrected chi connectivity index (χ4v) is 2.96. The van der Waals surface area contributed by atoms with Crippen molar-refractivity contribution >= 4 is 0 Å². The smallest absolute Gasteiger partial charge is 0.226 e. The molecule has 0 radical (unpaired) electrons. The minimum absolute atomic E-state index is 0.532. The molecule has 19 heavy (non-hydrogen) atoms. The number of hydrogen-bond donors (Lipinski definition) is 1. The summed E-state index contributed by atoms with van der Waals surface area (Å²) in [6.07, 6.45) is 10.6. The van der Waals surface area contributed by atoms with Gasteiger partial charge in [0.05, 0.1) is 0 Å². The van der Waals surface area contributed by atoms with Crippen molar-refractivity contribution in [1.29, 1.82) is 0 Å². The van der Waals surface area contributed by atoms with E-state index in [1.165, 1.54) is 32.1 Å². The Morgan fingerprint density at radius 3 is 2.63 bits per heavy atom. The van der Waals surface area contributed by atoms with E-state index in [1.807, 2.05) is 0 Å². The molecule has 1 aliphatic rings. The predicted octanol–water partition coefficient (Wildman–Crippen LogP) is 3.42. The highest BCUT2D eigenvalue weighted by molar-refractivity contribution is 4.97. The van der Waals surface area contributed by atoms with E-state index in [9.17, 15) is 0 Å². The molecule has 0 amide bonds. The van der Waals surface area contributed by atoms with Crippen molar-refractivity contribution in [2.45, 2.75) is 70.6 Å². The van der Waals surface area contributed by atoms with E-state index in [0.717, 1.165) is 49.9 Å². The van der Waals surface area contributed by atoms with Crippen LogP contribution < -0.4 is 5.73 Å². The van der Waals surface area contributed by atoms with Gasteiger partial charge in [-0.15, -0.1) is 0 Å². The summed E-state index contributed by atoms with van der Waals surface area (Å²) in [6, 6.07) is 0. The Bertz CT molecular complexity index is 356. The summed E-state index contributed by atoms with van der Waals surface area (Å²) in [7, 11) is 0. The molecule has 0 atom stereocenters. The molecule has 1 aromatic rings. The van der Waals surface area contributed by atoms with Gasteiger partial charge in [-0.05, 0) is 51.0 Å². The van der Waals surface area contributed by atoms with E-state index in [-0.39, 0.29) is 0 Å². The molecule has 0 saturated heterocycles. The molecule has 2 rings (SSSR count). The van der Waals surface area contributed by atoms with Crippen LogP contribution >= 0.6 is 0 Å². The normalized spacial score (nSPS) is 23.7. The highest BCUT2D eigenvalue weighted by Gasteiger charge is 2.24. The van der Waals surface area contributed by atoms with Crippen LogP contribution in [0.5, 0.6) is 0 Å². The van der Waals surface area contributed by atoms with E-state index in [0.29, 0.717) is 5.92 Å². The largest absolute Gasteiger partial charge is 0.339 e. The van der Waals surface area contributed by atoms with Gasteiger partial charge in [-0.1, -0.05) is 24.9 Å². The van der Waals surface area contributed by atoms with Crippen LogP contribution in [0.25, 0.3) is 0 Å². The Hall–Kier alpha value is -0.900. The standard InChI is InChI=1S/C15H27N3O/c1-2-12-7-9-13(10-8-12)15-17-14(19-18-15)6-4-3-5-11-16/h12-13H,2-11,16H2,1H3. The minimum atomic E-state index is 0.532. The van der Waals surface area contributed by atoms with E-state index in [1.54, 1.807) is 0 Å². The van der Waals surface area contributed by atoms with Crippen molar-refractivity contribution in [1.82, 2.24) is 10.1 Å². The zero-order valence-electron chi connectivity index (χ0n) is 12.1. The Labute approximate surface area is 116 Å². The van der Waals surface area contributed by atoms with Gasteiger partial charge in [-0.25, -0.2) is 0 Å². The molecular weight excluding hydrogens is 238 g/mol. The van der Waals surface area contributed by atoms with Gasteiger partial charge in [0.2, 0.25) is 5.89 Å². The lowest BCUT2D eigenvalue weighted by molar-refractivity contribution is 0.303. The number of nitrogens with two attached hydrogens (primary N) is 1. The molecular formula is C15H27N3O. The highest BCUT2D eigenvalue weighted by Crippen LogP contribution is 2.35. The second kappa shape index (κ2) is 7.63. The lowest BCUT2D eigenvalue weighted by Crippen LogP contribution is -2.13. The summed E-state index contributed by atoms with van der Waals surface area (Å²) in [5.41, 5.74) is 5.48. The topological polar surface area (TPSA) is 64.9 Å². The molecule has 1 heterocycles. The van der Waals surface area contributed by atoms with Gasteiger partial charge in [0.25, 0.3) is 0 Å². The van der Waals surface area contributed by atoms with Crippen molar-refractivity contribution in [2.75, 3.05) is 6.54 Å². The van der Waals surface area contributed by atoms with Crippen LogP contribution in [0.4, 0.5) is 0 Å². The zero-order valence-corrected chi connectivity index (χ0v) is 12.1. The third-order valence-corrected chi connectivity index (χ3v) is 4.37. The molecule has 108 valence electrons. The quantitative estimate of drug-likeness (QED) is 0.767. The molecule has 0 aliphatic heterocycles. The van der Waals surface area contributed by atoms with E-state index < -0.39 is 0 Å². The number of aryl methyl sites for hydroxylation is 1. The summed E-state index contributed by atoms with van der Waals surface area (Å²) in [6.45, 7) is 3.06. The zero-order chi connectivity index (χ0) is 13.5. The average molecular weight is 265 g/mol. The lowest BCUT2D eigenvalue weighted by Gasteiger charge is -2.25. The predicted molar refractivity (Wildman–Crippen MR) is 75.9 cm³/mol. The lowest BCUT2D eigenvalue weighted by atomic mass is 9.80. The monoisotopic (exact) mass is 265 g/mol. The third-order valence-electron chi connectivity index (χ3n) is 4.37.